The third-order valence-corrected chi connectivity index (χ3v) is 10.7. The van der Waals surface area contributed by atoms with Crippen LogP contribution < -0.4 is 0 Å². The van der Waals surface area contributed by atoms with E-state index >= 15 is 0 Å². The molecule has 0 amide bonds. The van der Waals surface area contributed by atoms with Crippen LogP contribution in [0.15, 0.2) is 0 Å². The van der Waals surface area contributed by atoms with Crippen LogP contribution in [-0.2, 0) is 19.8 Å². The average molecular weight is 520 g/mol. The van der Waals surface area contributed by atoms with Crippen LogP contribution >= 0.6 is 35.2 Å². The van der Waals surface area contributed by atoms with Gasteiger partial charge in [-0.1, -0.05) is 98.9 Å². The van der Waals surface area contributed by atoms with Gasteiger partial charge < -0.3 is 0 Å². The van der Waals surface area contributed by atoms with Crippen molar-refractivity contribution in [3.8, 4) is 0 Å². The molecule has 0 radical (unpaired) electrons. The van der Waals surface area contributed by atoms with E-state index in [0.717, 1.165) is 34.0 Å². The minimum absolute atomic E-state index is 0.262. The van der Waals surface area contributed by atoms with E-state index in [4.69, 9.17) is 24.0 Å². The van der Waals surface area contributed by atoms with E-state index in [1.807, 2.05) is 0 Å². The Morgan fingerprint density at radius 3 is 0.600 bits per heavy atom. The van der Waals surface area contributed by atoms with Gasteiger partial charge in [-0.2, -0.15) is 0 Å². The van der Waals surface area contributed by atoms with Gasteiger partial charge in [0.05, 0.1) is 0 Å². The fraction of sp³-hybridized carbons (Fsp3) is 0.947. The SMILES string of the molecule is CC(C)P(C(C)C)C(C)C.CC(C)P(C(C)C)C(C)C.[C-]#[O+].[Cl][Ru][Cl]. The van der Waals surface area contributed by atoms with Gasteiger partial charge in [0, 0.05) is 0 Å². The first-order valence-corrected chi connectivity index (χ1v) is 16.5. The number of halogens is 2. The number of rotatable bonds is 6. The van der Waals surface area contributed by atoms with Crippen LogP contribution in [0.5, 0.6) is 0 Å². The van der Waals surface area contributed by atoms with Crippen LogP contribution in [0, 0.1) is 6.65 Å². The molecule has 0 aliphatic rings. The first-order chi connectivity index (χ1) is 11.3. The summed E-state index contributed by atoms with van der Waals surface area (Å²) in [6.45, 7) is 32.7. The average Bonchev–Trinajstić information content (AvgIpc) is 2.39. The van der Waals surface area contributed by atoms with Gasteiger partial charge in [0.2, 0.25) is 0 Å². The molecule has 0 aromatic heterocycles. The summed E-state index contributed by atoms with van der Waals surface area (Å²) in [5.74, 6) is 0. The third-order valence-electron chi connectivity index (χ3n) is 3.58. The molecule has 0 N–H and O–H groups in total. The Labute approximate surface area is 178 Å². The summed E-state index contributed by atoms with van der Waals surface area (Å²) >= 11 is -0.346. The van der Waals surface area contributed by atoms with Crippen molar-refractivity contribution in [2.75, 3.05) is 0 Å². The zero-order valence-electron chi connectivity index (χ0n) is 18.4. The van der Waals surface area contributed by atoms with Gasteiger partial charge in [0.1, 0.15) is 0 Å². The van der Waals surface area contributed by atoms with Gasteiger partial charge in [-0.25, -0.2) is 0 Å². The van der Waals surface area contributed by atoms with E-state index in [9.17, 15) is 0 Å². The van der Waals surface area contributed by atoms with Crippen LogP contribution in [0.2, 0.25) is 0 Å². The van der Waals surface area contributed by atoms with Crippen molar-refractivity contribution in [1.29, 1.82) is 0 Å². The molecule has 0 saturated heterocycles. The van der Waals surface area contributed by atoms with Crippen LogP contribution in [0.25, 0.3) is 0 Å². The quantitative estimate of drug-likeness (QED) is 0.144. The Morgan fingerprint density at radius 1 is 0.520 bits per heavy atom. The molecule has 25 heavy (non-hydrogen) atoms. The fourth-order valence-electron chi connectivity index (χ4n) is 3.58. The second kappa shape index (κ2) is 22.1. The first kappa shape index (κ1) is 34.3. The molecule has 0 rings (SSSR count). The van der Waals surface area contributed by atoms with E-state index in [1.165, 1.54) is 0 Å². The second-order valence-electron chi connectivity index (χ2n) is 7.51. The second-order valence-corrected chi connectivity index (χ2v) is 18.1. The van der Waals surface area contributed by atoms with Crippen molar-refractivity contribution < 1.29 is 19.8 Å². The van der Waals surface area contributed by atoms with Gasteiger partial charge in [0.25, 0.3) is 0 Å². The van der Waals surface area contributed by atoms with Crippen molar-refractivity contribution in [1.82, 2.24) is 0 Å². The summed E-state index contributed by atoms with van der Waals surface area (Å²) in [6, 6.07) is 0. The molecule has 0 unspecified atom stereocenters. The topological polar surface area (TPSA) is 19.9 Å². The molecule has 0 heterocycles. The Bertz CT molecular complexity index is 222. The molecule has 0 spiro atoms. The van der Waals surface area contributed by atoms with E-state index in [-0.39, 0.29) is 31.0 Å². The standard InChI is InChI=1S/2C9H21P.CO.2ClH.Ru/c2*1-7(2)10(8(3)4)9(5)6;1-2;;;/h2*7-9H,1-6H3;;2*1H;/q;;;;;+2/p-2. The van der Waals surface area contributed by atoms with Gasteiger partial charge >= 0.3 is 45.8 Å². The van der Waals surface area contributed by atoms with E-state index < -0.39 is 0 Å². The zero-order chi connectivity index (χ0) is 21.3. The fourth-order valence-corrected chi connectivity index (χ4v) is 10.7. The predicted octanol–water partition coefficient (Wildman–Crippen LogP) is 8.73. The molecule has 0 aromatic carbocycles. The Kier molecular flexibility index (Phi) is 30.3. The number of hydrogen-bond acceptors (Lipinski definition) is 0. The molecule has 0 bridgehead atoms. The molecule has 0 atom stereocenters. The van der Waals surface area contributed by atoms with Gasteiger partial charge in [0.15, 0.2) is 0 Å². The maximum atomic E-state index is 7.50. The van der Waals surface area contributed by atoms with Gasteiger partial charge in [-0.15, -0.1) is 0 Å². The summed E-state index contributed by atoms with van der Waals surface area (Å²) in [4.78, 5) is 0. The summed E-state index contributed by atoms with van der Waals surface area (Å²) < 4.78 is 7.50. The summed E-state index contributed by atoms with van der Waals surface area (Å²) in [6.07, 6.45) is 0. The van der Waals surface area contributed by atoms with Crippen molar-refractivity contribution in [2.45, 2.75) is 117 Å². The molecular weight excluding hydrogens is 478 g/mol. The summed E-state index contributed by atoms with van der Waals surface area (Å²) in [7, 11) is 10.2. The Morgan fingerprint density at radius 2 is 0.600 bits per heavy atom. The molecular formula is C19H42Cl2OP2Ru. The summed E-state index contributed by atoms with van der Waals surface area (Å²) in [5, 5.41) is 0. The Balaban J connectivity index is -0.000000140. The third kappa shape index (κ3) is 22.0. The number of hydrogen-bond donors (Lipinski definition) is 0. The minimum atomic E-state index is -0.346. The van der Waals surface area contributed by atoms with E-state index in [0.29, 0.717) is 0 Å². The van der Waals surface area contributed by atoms with Gasteiger partial charge in [-0.05, 0) is 34.0 Å². The monoisotopic (exact) mass is 520 g/mol. The van der Waals surface area contributed by atoms with Crippen molar-refractivity contribution in [2.24, 2.45) is 0 Å². The first-order valence-electron chi connectivity index (χ1n) is 8.95. The van der Waals surface area contributed by atoms with Crippen LogP contribution in [0.4, 0.5) is 0 Å². The Hall–Kier alpha value is 1.80. The van der Waals surface area contributed by atoms with Gasteiger partial charge in [-0.3, -0.25) is 0 Å². The van der Waals surface area contributed by atoms with Crippen LogP contribution in [0.3, 0.4) is 0 Å². The molecule has 6 heteroatoms. The normalized spacial score (nSPS) is 11.0. The molecule has 0 aliphatic carbocycles. The summed E-state index contributed by atoms with van der Waals surface area (Å²) in [5.41, 5.74) is 5.39. The molecule has 0 aromatic rings. The predicted molar refractivity (Wildman–Crippen MR) is 120 cm³/mol. The van der Waals surface area contributed by atoms with Crippen LogP contribution in [-0.4, -0.2) is 34.0 Å². The van der Waals surface area contributed by atoms with Crippen molar-refractivity contribution in [3.63, 3.8) is 0 Å². The molecule has 0 fully saturated rings. The molecule has 0 aliphatic heterocycles. The van der Waals surface area contributed by atoms with Crippen molar-refractivity contribution >= 4 is 35.2 Å². The van der Waals surface area contributed by atoms with Crippen molar-refractivity contribution in [3.05, 3.63) is 6.65 Å². The molecule has 1 nitrogen and oxygen atoms in total. The van der Waals surface area contributed by atoms with E-state index in [2.05, 4.69) is 89.7 Å². The van der Waals surface area contributed by atoms with E-state index in [1.54, 1.807) is 0 Å². The zero-order valence-corrected chi connectivity index (χ0v) is 23.4. The maximum absolute atomic E-state index is 7.50. The van der Waals surface area contributed by atoms with Crippen LogP contribution in [0.1, 0.15) is 83.1 Å². The molecule has 156 valence electrons. The molecule has 0 saturated carbocycles.